The lowest BCUT2D eigenvalue weighted by Crippen LogP contribution is -2.25. The molecule has 0 saturated heterocycles. The number of rotatable bonds is 8. The highest BCUT2D eigenvalue weighted by atomic mass is 32.2. The van der Waals surface area contributed by atoms with Crippen molar-refractivity contribution in [3.8, 4) is 5.75 Å². The van der Waals surface area contributed by atoms with Gasteiger partial charge in [-0.1, -0.05) is 37.8 Å². The molecule has 21 heavy (non-hydrogen) atoms. The first-order valence-corrected chi connectivity index (χ1v) is 8.22. The predicted molar refractivity (Wildman–Crippen MR) is 90.3 cm³/mol. The molecule has 0 amide bonds. The average molecular weight is 305 g/mol. The van der Waals surface area contributed by atoms with Crippen molar-refractivity contribution in [3.63, 3.8) is 0 Å². The Morgan fingerprint density at radius 2 is 2.29 bits per heavy atom. The number of hydrogen-bond acceptors (Lipinski definition) is 4. The molecular weight excluding hydrogens is 282 g/mol. The summed E-state index contributed by atoms with van der Waals surface area (Å²) in [6.45, 7) is 11.9. The largest absolute Gasteiger partial charge is 0.494 e. The third-order valence-electron chi connectivity index (χ3n) is 2.92. The summed E-state index contributed by atoms with van der Waals surface area (Å²) < 4.78 is 5.50. The van der Waals surface area contributed by atoms with E-state index in [4.69, 9.17) is 4.74 Å². The summed E-state index contributed by atoms with van der Waals surface area (Å²) in [6, 6.07) is 6.41. The minimum Gasteiger partial charge on any atom is -0.494 e. The Hall–Kier alpha value is -1.46. The van der Waals surface area contributed by atoms with Gasteiger partial charge >= 0.3 is 0 Å². The Bertz CT molecular complexity index is 607. The van der Waals surface area contributed by atoms with Gasteiger partial charge in [-0.05, 0) is 19.1 Å². The van der Waals surface area contributed by atoms with Crippen LogP contribution in [0.1, 0.15) is 20.8 Å². The number of fused-ring (bicyclic) bond motifs is 1. The van der Waals surface area contributed by atoms with Gasteiger partial charge in [0.15, 0.2) is 5.16 Å². The fourth-order valence-electron chi connectivity index (χ4n) is 1.86. The lowest BCUT2D eigenvalue weighted by Gasteiger charge is -2.09. The zero-order chi connectivity index (χ0) is 15.2. The number of nitrogens with zero attached hydrogens (tertiary/aromatic N) is 1. The third kappa shape index (κ3) is 4.79. The van der Waals surface area contributed by atoms with Gasteiger partial charge < -0.3 is 15.0 Å². The molecule has 5 heteroatoms. The number of hydrogen-bond donors (Lipinski definition) is 2. The molecule has 0 saturated carbocycles. The molecule has 0 radical (unpaired) electrons. The van der Waals surface area contributed by atoms with Crippen molar-refractivity contribution < 1.29 is 4.74 Å². The highest BCUT2D eigenvalue weighted by Gasteiger charge is 2.06. The van der Waals surface area contributed by atoms with Crippen LogP contribution < -0.4 is 10.1 Å². The number of imidazole rings is 1. The normalized spacial score (nSPS) is 11.2. The minimum absolute atomic E-state index is 0.481. The standard InChI is InChI=1S/C16H23N3OS/c1-5-20-13-6-7-14-15(8-13)19-16(18-14)21-10-12(4)9-17-11(2)3/h6-8,11,17H,4-5,9-10H2,1-3H3,(H,18,19). The Balaban J connectivity index is 1.94. The van der Waals surface area contributed by atoms with E-state index in [-0.39, 0.29) is 0 Å². The van der Waals surface area contributed by atoms with Crippen LogP contribution in [0.15, 0.2) is 35.5 Å². The third-order valence-corrected chi connectivity index (χ3v) is 3.94. The Morgan fingerprint density at radius 1 is 1.48 bits per heavy atom. The average Bonchev–Trinajstić information content (AvgIpc) is 2.85. The molecule has 0 spiro atoms. The summed E-state index contributed by atoms with van der Waals surface area (Å²) in [5, 5.41) is 4.29. The first-order chi connectivity index (χ1) is 10.1. The van der Waals surface area contributed by atoms with E-state index in [1.54, 1.807) is 11.8 Å². The van der Waals surface area contributed by atoms with Crippen molar-refractivity contribution in [1.29, 1.82) is 0 Å². The Kier molecular flexibility index (Phi) is 5.70. The van der Waals surface area contributed by atoms with Crippen molar-refractivity contribution in [3.05, 3.63) is 30.4 Å². The van der Waals surface area contributed by atoms with Gasteiger partial charge in [0.2, 0.25) is 0 Å². The molecule has 114 valence electrons. The van der Waals surface area contributed by atoms with Gasteiger partial charge in [-0.25, -0.2) is 4.98 Å². The van der Waals surface area contributed by atoms with Crippen LogP contribution in [-0.2, 0) is 0 Å². The molecule has 0 atom stereocenters. The first-order valence-electron chi connectivity index (χ1n) is 7.24. The van der Waals surface area contributed by atoms with Crippen LogP contribution in [0.5, 0.6) is 5.75 Å². The number of ether oxygens (including phenoxy) is 1. The Morgan fingerprint density at radius 3 is 3.00 bits per heavy atom. The van der Waals surface area contributed by atoms with Crippen LogP contribution in [0.2, 0.25) is 0 Å². The van der Waals surface area contributed by atoms with Crippen LogP contribution in [0, 0.1) is 0 Å². The zero-order valence-electron chi connectivity index (χ0n) is 12.9. The van der Waals surface area contributed by atoms with Crippen molar-refractivity contribution >= 4 is 22.8 Å². The molecule has 0 fully saturated rings. The van der Waals surface area contributed by atoms with E-state index < -0.39 is 0 Å². The van der Waals surface area contributed by atoms with Crippen LogP contribution in [0.25, 0.3) is 11.0 Å². The fourth-order valence-corrected chi connectivity index (χ4v) is 2.65. The monoisotopic (exact) mass is 305 g/mol. The lowest BCUT2D eigenvalue weighted by atomic mass is 10.3. The van der Waals surface area contributed by atoms with Gasteiger partial charge in [-0.2, -0.15) is 0 Å². The number of thioether (sulfide) groups is 1. The second-order valence-electron chi connectivity index (χ2n) is 5.23. The van der Waals surface area contributed by atoms with Crippen molar-refractivity contribution in [1.82, 2.24) is 15.3 Å². The van der Waals surface area contributed by atoms with Gasteiger partial charge in [0, 0.05) is 24.4 Å². The van der Waals surface area contributed by atoms with Crippen LogP contribution in [0.3, 0.4) is 0 Å². The van der Waals surface area contributed by atoms with Crippen molar-refractivity contribution in [2.75, 3.05) is 18.9 Å². The minimum atomic E-state index is 0.481. The highest BCUT2D eigenvalue weighted by molar-refractivity contribution is 7.99. The van der Waals surface area contributed by atoms with Gasteiger partial charge in [0.25, 0.3) is 0 Å². The molecule has 1 heterocycles. The summed E-state index contributed by atoms with van der Waals surface area (Å²) in [7, 11) is 0. The fraction of sp³-hybridized carbons (Fsp3) is 0.438. The van der Waals surface area contributed by atoms with E-state index in [2.05, 4.69) is 35.7 Å². The zero-order valence-corrected chi connectivity index (χ0v) is 13.7. The highest BCUT2D eigenvalue weighted by Crippen LogP contribution is 2.24. The van der Waals surface area contributed by atoms with E-state index >= 15 is 0 Å². The summed E-state index contributed by atoms with van der Waals surface area (Å²) in [5.74, 6) is 1.73. The number of H-pyrrole nitrogens is 1. The van der Waals surface area contributed by atoms with E-state index in [1.165, 1.54) is 5.57 Å². The number of benzene rings is 1. The summed E-state index contributed by atoms with van der Waals surface area (Å²) >= 11 is 1.68. The maximum absolute atomic E-state index is 5.50. The number of aromatic nitrogens is 2. The van der Waals surface area contributed by atoms with Gasteiger partial charge in [0.05, 0.1) is 17.6 Å². The number of nitrogens with one attached hydrogen (secondary N) is 2. The number of aromatic amines is 1. The second-order valence-corrected chi connectivity index (χ2v) is 6.19. The lowest BCUT2D eigenvalue weighted by molar-refractivity contribution is 0.340. The molecule has 2 N–H and O–H groups in total. The molecule has 2 rings (SSSR count). The van der Waals surface area contributed by atoms with Crippen LogP contribution in [0.4, 0.5) is 0 Å². The summed E-state index contributed by atoms with van der Waals surface area (Å²) in [4.78, 5) is 7.90. The van der Waals surface area contributed by atoms with Gasteiger partial charge in [-0.3, -0.25) is 0 Å². The predicted octanol–water partition coefficient (Wildman–Crippen LogP) is 3.61. The van der Waals surface area contributed by atoms with Crippen molar-refractivity contribution in [2.24, 2.45) is 0 Å². The first kappa shape index (κ1) is 15.9. The van der Waals surface area contributed by atoms with E-state index in [0.717, 1.165) is 34.2 Å². The molecule has 0 bridgehead atoms. The SMILES string of the molecule is C=C(CNC(C)C)CSc1nc2ccc(OCC)cc2[nH]1. The molecule has 2 aromatic rings. The van der Waals surface area contributed by atoms with E-state index in [0.29, 0.717) is 12.6 Å². The molecule has 0 aliphatic rings. The molecule has 4 nitrogen and oxygen atoms in total. The molecular formula is C16H23N3OS. The molecule has 1 aromatic carbocycles. The molecule has 0 aliphatic carbocycles. The molecule has 1 aromatic heterocycles. The topological polar surface area (TPSA) is 49.9 Å². The maximum Gasteiger partial charge on any atom is 0.166 e. The quantitative estimate of drug-likeness (QED) is 0.578. The molecule has 0 unspecified atom stereocenters. The maximum atomic E-state index is 5.50. The second kappa shape index (κ2) is 7.52. The van der Waals surface area contributed by atoms with Crippen LogP contribution in [-0.4, -0.2) is 34.9 Å². The summed E-state index contributed by atoms with van der Waals surface area (Å²) in [6.07, 6.45) is 0. The van der Waals surface area contributed by atoms with Gasteiger partial charge in [0.1, 0.15) is 5.75 Å². The van der Waals surface area contributed by atoms with E-state index in [1.807, 2.05) is 25.1 Å². The van der Waals surface area contributed by atoms with Crippen molar-refractivity contribution in [2.45, 2.75) is 32.0 Å². The van der Waals surface area contributed by atoms with Crippen LogP contribution >= 0.6 is 11.8 Å². The van der Waals surface area contributed by atoms with Gasteiger partial charge in [-0.15, -0.1) is 0 Å². The smallest absolute Gasteiger partial charge is 0.166 e. The molecule has 0 aliphatic heterocycles. The summed E-state index contributed by atoms with van der Waals surface area (Å²) in [5.41, 5.74) is 3.14. The van der Waals surface area contributed by atoms with E-state index in [9.17, 15) is 0 Å². The Labute approximate surface area is 130 Å².